The molecule has 1 saturated carbocycles. The van der Waals surface area contributed by atoms with Crippen LogP contribution in [0.25, 0.3) is 0 Å². The molecule has 2 rings (SSSR count). The Morgan fingerprint density at radius 2 is 2.50 bits per heavy atom. The Kier molecular flexibility index (Phi) is 2.60. The van der Waals surface area contributed by atoms with E-state index < -0.39 is 0 Å². The van der Waals surface area contributed by atoms with Gasteiger partial charge >= 0.3 is 0 Å². The van der Waals surface area contributed by atoms with Gasteiger partial charge in [0.1, 0.15) is 5.00 Å². The maximum absolute atomic E-state index is 5.58. The van der Waals surface area contributed by atoms with Crippen molar-refractivity contribution in [2.24, 2.45) is 0 Å². The number of methoxy groups -OCH3 is 1. The first-order chi connectivity index (χ1) is 6.74. The largest absolute Gasteiger partial charge is 0.389 e. The van der Waals surface area contributed by atoms with E-state index in [9.17, 15) is 0 Å². The van der Waals surface area contributed by atoms with Crippen molar-refractivity contribution < 1.29 is 4.74 Å². The van der Waals surface area contributed by atoms with Crippen LogP contribution in [0, 0.1) is 0 Å². The first-order valence-electron chi connectivity index (χ1n) is 4.74. The zero-order chi connectivity index (χ0) is 10.0. The predicted octanol–water partition coefficient (Wildman–Crippen LogP) is 1.71. The number of nitrogens with one attached hydrogen (secondary N) is 1. The van der Waals surface area contributed by atoms with E-state index in [0.717, 1.165) is 29.5 Å². The van der Waals surface area contributed by atoms with Gasteiger partial charge in [-0.15, -0.1) is 0 Å². The second kappa shape index (κ2) is 3.74. The molecule has 14 heavy (non-hydrogen) atoms. The highest BCUT2D eigenvalue weighted by atomic mass is 32.1. The van der Waals surface area contributed by atoms with Crippen LogP contribution in [0.3, 0.4) is 0 Å². The molecule has 0 radical (unpaired) electrons. The minimum atomic E-state index is 0.0421. The summed E-state index contributed by atoms with van der Waals surface area (Å²) in [5.41, 5.74) is 5.62. The number of thiazole rings is 1. The number of nitrogen functional groups attached to an aromatic ring is 1. The van der Waals surface area contributed by atoms with Crippen molar-refractivity contribution in [3.8, 4) is 0 Å². The summed E-state index contributed by atoms with van der Waals surface area (Å²) in [5.74, 6) is 0. The number of anilines is 2. The molecular weight excluding hydrogens is 198 g/mol. The van der Waals surface area contributed by atoms with Gasteiger partial charge in [-0.25, -0.2) is 4.98 Å². The van der Waals surface area contributed by atoms with Crippen molar-refractivity contribution in [2.45, 2.75) is 24.9 Å². The van der Waals surface area contributed by atoms with Crippen molar-refractivity contribution in [3.05, 3.63) is 6.20 Å². The maximum Gasteiger partial charge on any atom is 0.184 e. The Bertz CT molecular complexity index is 303. The van der Waals surface area contributed by atoms with Gasteiger partial charge in [-0.05, 0) is 19.3 Å². The molecule has 0 bridgehead atoms. The Labute approximate surface area is 87.5 Å². The van der Waals surface area contributed by atoms with Crippen LogP contribution in [0.2, 0.25) is 0 Å². The molecule has 0 amide bonds. The van der Waals surface area contributed by atoms with Crippen LogP contribution in [0.5, 0.6) is 0 Å². The van der Waals surface area contributed by atoms with Crippen LogP contribution < -0.4 is 11.1 Å². The van der Waals surface area contributed by atoms with Crippen LogP contribution in [-0.2, 0) is 4.74 Å². The van der Waals surface area contributed by atoms with Gasteiger partial charge in [-0.2, -0.15) is 0 Å². The van der Waals surface area contributed by atoms with E-state index in [2.05, 4.69) is 10.3 Å². The van der Waals surface area contributed by atoms with Gasteiger partial charge in [0, 0.05) is 13.7 Å². The molecule has 1 aromatic heterocycles. The summed E-state index contributed by atoms with van der Waals surface area (Å²) in [6.07, 6.45) is 5.21. The number of nitrogens with zero attached hydrogens (tertiary/aromatic N) is 1. The van der Waals surface area contributed by atoms with Crippen molar-refractivity contribution in [1.29, 1.82) is 0 Å². The van der Waals surface area contributed by atoms with Gasteiger partial charge in [0.25, 0.3) is 0 Å². The minimum Gasteiger partial charge on any atom is -0.389 e. The third-order valence-corrected chi connectivity index (χ3v) is 3.57. The topological polar surface area (TPSA) is 60.2 Å². The van der Waals surface area contributed by atoms with E-state index in [4.69, 9.17) is 10.5 Å². The Hall–Kier alpha value is -0.810. The van der Waals surface area contributed by atoms with E-state index in [-0.39, 0.29) is 5.60 Å². The van der Waals surface area contributed by atoms with Gasteiger partial charge in [0.05, 0.1) is 11.8 Å². The molecule has 0 aromatic carbocycles. The molecular formula is C9H15N3OS. The zero-order valence-corrected chi connectivity index (χ0v) is 9.06. The van der Waals surface area contributed by atoms with E-state index in [1.807, 2.05) is 0 Å². The Balaban J connectivity index is 1.87. The standard InChI is InChI=1S/C9H15N3OS/c1-13-9(3-2-4-9)6-12-8-11-5-7(10)14-8/h5H,2-4,6,10H2,1H3,(H,11,12). The molecule has 3 N–H and O–H groups in total. The van der Waals surface area contributed by atoms with Gasteiger partial charge in [-0.3, -0.25) is 0 Å². The second-order valence-electron chi connectivity index (χ2n) is 3.66. The first-order valence-corrected chi connectivity index (χ1v) is 5.56. The van der Waals surface area contributed by atoms with Crippen molar-refractivity contribution >= 4 is 21.5 Å². The fraction of sp³-hybridized carbons (Fsp3) is 0.667. The molecule has 1 aliphatic rings. The molecule has 5 heteroatoms. The summed E-state index contributed by atoms with van der Waals surface area (Å²) >= 11 is 1.47. The zero-order valence-electron chi connectivity index (χ0n) is 8.25. The van der Waals surface area contributed by atoms with Crippen LogP contribution >= 0.6 is 11.3 Å². The average molecular weight is 213 g/mol. The molecule has 0 aliphatic heterocycles. The SMILES string of the molecule is COC1(CNc2ncc(N)s2)CCC1. The molecule has 1 heterocycles. The van der Waals surface area contributed by atoms with Crippen LogP contribution in [-0.4, -0.2) is 24.2 Å². The fourth-order valence-electron chi connectivity index (χ4n) is 1.63. The van der Waals surface area contributed by atoms with Crippen molar-refractivity contribution in [1.82, 2.24) is 4.98 Å². The monoisotopic (exact) mass is 213 g/mol. The fourth-order valence-corrected chi connectivity index (χ4v) is 2.21. The van der Waals surface area contributed by atoms with E-state index in [0.29, 0.717) is 0 Å². The van der Waals surface area contributed by atoms with Crippen molar-refractivity contribution in [3.63, 3.8) is 0 Å². The van der Waals surface area contributed by atoms with Crippen molar-refractivity contribution in [2.75, 3.05) is 24.7 Å². The number of hydrogen-bond acceptors (Lipinski definition) is 5. The number of ether oxygens (including phenoxy) is 1. The van der Waals surface area contributed by atoms with E-state index in [1.165, 1.54) is 17.8 Å². The number of hydrogen-bond donors (Lipinski definition) is 2. The first kappa shape index (κ1) is 9.73. The number of rotatable bonds is 4. The molecule has 0 spiro atoms. The predicted molar refractivity (Wildman–Crippen MR) is 58.6 cm³/mol. The minimum absolute atomic E-state index is 0.0421. The van der Waals surface area contributed by atoms with Crippen LogP contribution in [0.15, 0.2) is 6.20 Å². The smallest absolute Gasteiger partial charge is 0.184 e. The number of nitrogens with two attached hydrogens (primary N) is 1. The molecule has 0 atom stereocenters. The summed E-state index contributed by atoms with van der Waals surface area (Å²) in [6, 6.07) is 0. The molecule has 4 nitrogen and oxygen atoms in total. The summed E-state index contributed by atoms with van der Waals surface area (Å²) in [7, 11) is 1.77. The molecule has 0 unspecified atom stereocenters. The number of aromatic nitrogens is 1. The lowest BCUT2D eigenvalue weighted by atomic mass is 9.80. The summed E-state index contributed by atoms with van der Waals surface area (Å²) in [5, 5.41) is 4.89. The average Bonchev–Trinajstić information content (AvgIpc) is 2.50. The Morgan fingerprint density at radius 1 is 1.71 bits per heavy atom. The van der Waals surface area contributed by atoms with Crippen LogP contribution in [0.1, 0.15) is 19.3 Å². The summed E-state index contributed by atoms with van der Waals surface area (Å²) in [6.45, 7) is 0.830. The van der Waals surface area contributed by atoms with E-state index in [1.54, 1.807) is 13.3 Å². The lowest BCUT2D eigenvalue weighted by molar-refractivity contribution is -0.0601. The highest BCUT2D eigenvalue weighted by Gasteiger charge is 2.36. The van der Waals surface area contributed by atoms with Gasteiger partial charge in [0.2, 0.25) is 0 Å². The lowest BCUT2D eigenvalue weighted by Crippen LogP contribution is -2.45. The quantitative estimate of drug-likeness (QED) is 0.799. The third kappa shape index (κ3) is 1.83. The molecule has 1 aromatic rings. The molecule has 1 fully saturated rings. The molecule has 1 aliphatic carbocycles. The normalized spacial score (nSPS) is 18.9. The van der Waals surface area contributed by atoms with Gasteiger partial charge in [-0.1, -0.05) is 11.3 Å². The highest BCUT2D eigenvalue weighted by molar-refractivity contribution is 7.19. The molecule has 78 valence electrons. The second-order valence-corrected chi connectivity index (χ2v) is 4.72. The van der Waals surface area contributed by atoms with Gasteiger partial charge < -0.3 is 15.8 Å². The maximum atomic E-state index is 5.58. The third-order valence-electron chi connectivity index (χ3n) is 2.78. The van der Waals surface area contributed by atoms with Gasteiger partial charge in [0.15, 0.2) is 5.13 Å². The lowest BCUT2D eigenvalue weighted by Gasteiger charge is -2.40. The highest BCUT2D eigenvalue weighted by Crippen LogP contribution is 2.35. The summed E-state index contributed by atoms with van der Waals surface area (Å²) < 4.78 is 5.49. The van der Waals surface area contributed by atoms with E-state index >= 15 is 0 Å². The van der Waals surface area contributed by atoms with Crippen LogP contribution in [0.4, 0.5) is 10.1 Å². The molecule has 0 saturated heterocycles. The summed E-state index contributed by atoms with van der Waals surface area (Å²) in [4.78, 5) is 4.14. The Morgan fingerprint density at radius 3 is 2.93 bits per heavy atom.